The van der Waals surface area contributed by atoms with Crippen molar-refractivity contribution in [1.29, 1.82) is 0 Å². The van der Waals surface area contributed by atoms with Gasteiger partial charge in [-0.3, -0.25) is 4.99 Å². The number of Topliss-reactive ketones (excluding diaryl/α,β-unsaturated/α-hetero) is 1. The summed E-state index contributed by atoms with van der Waals surface area (Å²) in [6.45, 7) is 25.2. The number of nitrogens with zero attached hydrogens (tertiary/aromatic N) is 1. The third-order valence-corrected chi connectivity index (χ3v) is 5.78. The number of halogens is 2. The Bertz CT molecular complexity index is 740. The molecule has 0 aromatic heterocycles. The number of aryl methyl sites for hydroxylation is 1. The molecule has 1 aromatic carbocycles. The van der Waals surface area contributed by atoms with Crippen molar-refractivity contribution in [2.45, 2.75) is 122 Å². The number of ketones is 1. The summed E-state index contributed by atoms with van der Waals surface area (Å²) in [5, 5.41) is 1.39. The van der Waals surface area contributed by atoms with Crippen molar-refractivity contribution in [2.75, 3.05) is 0 Å². The van der Waals surface area contributed by atoms with E-state index in [1.165, 1.54) is 31.3 Å². The van der Waals surface area contributed by atoms with Crippen LogP contribution in [0.15, 0.2) is 47.1 Å². The number of unbranched alkanes of at least 4 members (excludes halogenated alkanes) is 1. The van der Waals surface area contributed by atoms with Crippen LogP contribution in [0.4, 0.5) is 0 Å². The normalized spacial score (nSPS) is 18.5. The summed E-state index contributed by atoms with van der Waals surface area (Å²) >= 11 is 11.3. The summed E-state index contributed by atoms with van der Waals surface area (Å²) in [6, 6.07) is 5.46. The summed E-state index contributed by atoms with van der Waals surface area (Å²) in [4.78, 5) is 14.0. The Labute approximate surface area is 241 Å². The Morgan fingerprint density at radius 3 is 1.86 bits per heavy atom. The van der Waals surface area contributed by atoms with Gasteiger partial charge in [-0.15, -0.1) is 0 Å². The van der Waals surface area contributed by atoms with E-state index in [9.17, 15) is 4.79 Å². The number of allylic oxidation sites excluding steroid dienone is 3. The molecule has 2 rings (SSSR count). The van der Waals surface area contributed by atoms with Crippen molar-refractivity contribution in [1.82, 2.24) is 0 Å². The third-order valence-electron chi connectivity index (χ3n) is 5.34. The van der Waals surface area contributed by atoms with Crippen molar-refractivity contribution in [3.05, 3.63) is 57.7 Å². The molecule has 2 atom stereocenters. The molecule has 37 heavy (non-hydrogen) atoms. The number of hydrogen-bond acceptors (Lipinski definition) is 2. The van der Waals surface area contributed by atoms with Crippen molar-refractivity contribution >= 4 is 34.7 Å². The van der Waals surface area contributed by atoms with Gasteiger partial charge in [0.1, 0.15) is 5.78 Å². The Morgan fingerprint density at radius 1 is 1.00 bits per heavy atom. The van der Waals surface area contributed by atoms with Crippen molar-refractivity contribution in [3.8, 4) is 0 Å². The maximum atomic E-state index is 9.81. The molecule has 214 valence electrons. The van der Waals surface area contributed by atoms with Crippen molar-refractivity contribution in [2.24, 2.45) is 22.7 Å². The van der Waals surface area contributed by atoms with Crippen LogP contribution < -0.4 is 0 Å². The van der Waals surface area contributed by atoms with Gasteiger partial charge in [0.05, 0.1) is 0 Å². The predicted molar refractivity (Wildman–Crippen MR) is 171 cm³/mol. The maximum Gasteiger partial charge on any atom is 0.129 e. The molecule has 0 spiro atoms. The van der Waals surface area contributed by atoms with Crippen LogP contribution in [-0.2, 0) is 4.79 Å². The van der Waals surface area contributed by atoms with E-state index in [1.54, 1.807) is 13.0 Å². The van der Waals surface area contributed by atoms with Crippen LogP contribution in [0.25, 0.3) is 0 Å². The average Bonchev–Trinajstić information content (AvgIpc) is 2.79. The second-order valence-corrected chi connectivity index (χ2v) is 11.4. The lowest BCUT2D eigenvalue weighted by molar-refractivity contribution is -0.116. The minimum atomic E-state index is 0.255. The first-order chi connectivity index (χ1) is 17.2. The van der Waals surface area contributed by atoms with Gasteiger partial charge in [-0.2, -0.15) is 0 Å². The molecular formula is C33H57Cl2NO. The maximum absolute atomic E-state index is 9.81. The van der Waals surface area contributed by atoms with Crippen LogP contribution >= 0.6 is 23.2 Å². The zero-order chi connectivity index (χ0) is 29.4. The van der Waals surface area contributed by atoms with E-state index in [1.807, 2.05) is 39.1 Å². The third kappa shape index (κ3) is 32.6. The van der Waals surface area contributed by atoms with Gasteiger partial charge in [0.25, 0.3) is 0 Å². The fourth-order valence-corrected chi connectivity index (χ4v) is 3.21. The zero-order valence-corrected chi connectivity index (χ0v) is 27.6. The van der Waals surface area contributed by atoms with Crippen LogP contribution in [0.2, 0.25) is 10.0 Å². The van der Waals surface area contributed by atoms with Crippen LogP contribution in [-0.4, -0.2) is 11.5 Å². The molecule has 0 saturated carbocycles. The summed E-state index contributed by atoms with van der Waals surface area (Å²) in [6.07, 6.45) is 13.5. The molecule has 0 bridgehead atoms. The van der Waals surface area contributed by atoms with Gasteiger partial charge < -0.3 is 4.79 Å². The Balaban J connectivity index is -0.000000409. The highest BCUT2D eigenvalue weighted by Crippen LogP contribution is 2.18. The number of aliphatic imine (C=N–C) groups is 1. The topological polar surface area (TPSA) is 29.4 Å². The largest absolute Gasteiger partial charge is 0.300 e. The average molecular weight is 555 g/mol. The first-order valence-electron chi connectivity index (χ1n) is 14.0. The second kappa shape index (κ2) is 26.2. The van der Waals surface area contributed by atoms with Crippen LogP contribution in [0.1, 0.15) is 120 Å². The molecular weight excluding hydrogens is 497 g/mol. The number of benzene rings is 1. The smallest absolute Gasteiger partial charge is 0.129 e. The van der Waals surface area contributed by atoms with Crippen LogP contribution in [0.5, 0.6) is 0 Å². The lowest BCUT2D eigenvalue weighted by Gasteiger charge is -2.10. The molecule has 0 N–H and O–H groups in total. The standard InChI is InChI=1S/C10H15N.C8H18.C7H6Cl2.C4H8O.C4H10/c1-8-5-4-6-11-10(3)7-9(8)2;1-4-6-7-8(3)5-2;1-5-2-6(8)4-7(9)3-5;1-3-4(2)5;1-4(2)3/h4,6-8H,5H2,1-3H3;8H,4-7H2,1-3H3;2-4H,1H3;3H2,1-2H3;4H,1-3H3/b6-4+,9-7-,11-10+;;;;. The highest BCUT2D eigenvalue weighted by Gasteiger charge is 2.03. The first-order valence-corrected chi connectivity index (χ1v) is 14.7. The quantitative estimate of drug-likeness (QED) is 0.356. The molecule has 4 heteroatoms. The Hall–Kier alpha value is -1.38. The fraction of sp³-hybridized carbons (Fsp3) is 0.636. The Kier molecular flexibility index (Phi) is 28.4. The lowest BCUT2D eigenvalue weighted by atomic mass is 9.97. The zero-order valence-electron chi connectivity index (χ0n) is 26.1. The molecule has 0 amide bonds. The molecule has 1 aromatic rings. The van der Waals surface area contributed by atoms with E-state index in [4.69, 9.17) is 23.2 Å². The minimum Gasteiger partial charge on any atom is -0.300 e. The highest BCUT2D eigenvalue weighted by atomic mass is 35.5. The summed E-state index contributed by atoms with van der Waals surface area (Å²) in [5.41, 5.74) is 3.62. The molecule has 2 nitrogen and oxygen atoms in total. The molecule has 0 aliphatic carbocycles. The summed E-state index contributed by atoms with van der Waals surface area (Å²) < 4.78 is 0. The predicted octanol–water partition coefficient (Wildman–Crippen LogP) is 12.1. The van der Waals surface area contributed by atoms with Crippen molar-refractivity contribution < 1.29 is 4.79 Å². The van der Waals surface area contributed by atoms with E-state index in [-0.39, 0.29) is 5.78 Å². The van der Waals surface area contributed by atoms with Gasteiger partial charge in [0.2, 0.25) is 0 Å². The lowest BCUT2D eigenvalue weighted by Crippen LogP contribution is -1.99. The van der Waals surface area contributed by atoms with Crippen LogP contribution in [0, 0.1) is 24.7 Å². The van der Waals surface area contributed by atoms with Gasteiger partial charge in [-0.25, -0.2) is 0 Å². The fourth-order valence-electron chi connectivity index (χ4n) is 2.58. The second-order valence-electron chi connectivity index (χ2n) is 10.6. The van der Waals surface area contributed by atoms with Crippen LogP contribution in [0.3, 0.4) is 0 Å². The number of hydrogen-bond donors (Lipinski definition) is 0. The molecule has 1 aliphatic rings. The molecule has 1 aliphatic heterocycles. The van der Waals surface area contributed by atoms with Gasteiger partial charge >= 0.3 is 0 Å². The number of rotatable bonds is 5. The number of carbonyl (C=O) groups is 1. The SMILES string of the molecule is C/C1=C/C(C)=N/C=C/CC1C.CC(C)C.CCC(C)=O.CCCCC(C)CC.Cc1cc(Cl)cc(Cl)c1. The van der Waals surface area contributed by atoms with Crippen molar-refractivity contribution in [3.63, 3.8) is 0 Å². The molecule has 0 fully saturated rings. The van der Waals surface area contributed by atoms with Gasteiger partial charge in [-0.1, -0.05) is 116 Å². The molecule has 2 unspecified atom stereocenters. The Morgan fingerprint density at radius 2 is 1.49 bits per heavy atom. The van der Waals surface area contributed by atoms with Gasteiger partial charge in [0.15, 0.2) is 0 Å². The van der Waals surface area contributed by atoms with E-state index in [0.29, 0.717) is 22.4 Å². The van der Waals surface area contributed by atoms with E-state index in [2.05, 4.69) is 72.5 Å². The van der Waals surface area contributed by atoms with Gasteiger partial charge in [0, 0.05) is 28.4 Å². The molecule has 1 heterocycles. The number of carbonyl (C=O) groups excluding carboxylic acids is 1. The highest BCUT2D eigenvalue weighted by molar-refractivity contribution is 6.34. The minimum absolute atomic E-state index is 0.255. The molecule has 0 saturated heterocycles. The van der Waals surface area contributed by atoms with Gasteiger partial charge in [-0.05, 0) is 81.7 Å². The first kappa shape index (κ1) is 40.1. The summed E-state index contributed by atoms with van der Waals surface area (Å²) in [5.74, 6) is 2.71. The molecule has 0 radical (unpaired) electrons. The van der Waals surface area contributed by atoms with E-state index < -0.39 is 0 Å². The monoisotopic (exact) mass is 553 g/mol. The van der Waals surface area contributed by atoms with E-state index in [0.717, 1.165) is 29.5 Å². The summed E-state index contributed by atoms with van der Waals surface area (Å²) in [7, 11) is 0. The van der Waals surface area contributed by atoms with E-state index >= 15 is 0 Å².